The van der Waals surface area contributed by atoms with Crippen LogP contribution in [-0.4, -0.2) is 19.1 Å². The van der Waals surface area contributed by atoms with Gasteiger partial charge in [0.15, 0.2) is 0 Å². The first-order valence-corrected chi connectivity index (χ1v) is 8.50. The SMILES string of the molecule is CCCCOc1ccc(/C=C/C(=O)NCCc2ccccc2)cc1. The van der Waals surface area contributed by atoms with Gasteiger partial charge >= 0.3 is 0 Å². The average molecular weight is 323 g/mol. The summed E-state index contributed by atoms with van der Waals surface area (Å²) in [5.74, 6) is 0.794. The fraction of sp³-hybridized carbons (Fsp3) is 0.286. The van der Waals surface area contributed by atoms with E-state index >= 15 is 0 Å². The van der Waals surface area contributed by atoms with Crippen LogP contribution in [0.5, 0.6) is 5.75 Å². The van der Waals surface area contributed by atoms with Crippen LogP contribution in [0, 0.1) is 0 Å². The summed E-state index contributed by atoms with van der Waals surface area (Å²) in [6.45, 7) is 3.52. The van der Waals surface area contributed by atoms with Crippen LogP contribution >= 0.6 is 0 Å². The molecule has 0 fully saturated rings. The lowest BCUT2D eigenvalue weighted by Crippen LogP contribution is -2.23. The Labute approximate surface area is 144 Å². The number of hydrogen-bond donors (Lipinski definition) is 1. The average Bonchev–Trinajstić information content (AvgIpc) is 2.62. The van der Waals surface area contributed by atoms with Crippen molar-refractivity contribution in [3.05, 3.63) is 71.8 Å². The van der Waals surface area contributed by atoms with Crippen molar-refractivity contribution in [2.75, 3.05) is 13.2 Å². The maximum Gasteiger partial charge on any atom is 0.244 e. The third kappa shape index (κ3) is 6.69. The predicted octanol–water partition coefficient (Wildman–Crippen LogP) is 4.24. The summed E-state index contributed by atoms with van der Waals surface area (Å²) in [6.07, 6.45) is 6.40. The second-order valence-electron chi connectivity index (χ2n) is 5.63. The molecule has 24 heavy (non-hydrogen) atoms. The molecule has 3 nitrogen and oxygen atoms in total. The van der Waals surface area contributed by atoms with Gasteiger partial charge in [0.1, 0.15) is 5.75 Å². The normalized spacial score (nSPS) is 10.7. The van der Waals surface area contributed by atoms with Crippen molar-refractivity contribution in [1.29, 1.82) is 0 Å². The summed E-state index contributed by atoms with van der Waals surface area (Å²) in [4.78, 5) is 11.8. The number of amides is 1. The highest BCUT2D eigenvalue weighted by molar-refractivity contribution is 5.91. The van der Waals surface area contributed by atoms with Crippen molar-refractivity contribution in [3.63, 3.8) is 0 Å². The molecule has 0 heterocycles. The molecule has 0 aliphatic heterocycles. The Bertz CT molecular complexity index is 633. The fourth-order valence-corrected chi connectivity index (χ4v) is 2.22. The number of carbonyl (C=O) groups is 1. The highest BCUT2D eigenvalue weighted by Crippen LogP contribution is 2.13. The lowest BCUT2D eigenvalue weighted by molar-refractivity contribution is -0.116. The van der Waals surface area contributed by atoms with Crippen LogP contribution in [0.4, 0.5) is 0 Å². The van der Waals surface area contributed by atoms with Gasteiger partial charge in [0.25, 0.3) is 0 Å². The lowest BCUT2D eigenvalue weighted by atomic mass is 10.1. The van der Waals surface area contributed by atoms with Crippen molar-refractivity contribution in [2.24, 2.45) is 0 Å². The smallest absolute Gasteiger partial charge is 0.244 e. The molecule has 1 N–H and O–H groups in total. The minimum absolute atomic E-state index is 0.0748. The summed E-state index contributed by atoms with van der Waals surface area (Å²) < 4.78 is 5.62. The second kappa shape index (κ2) is 10.3. The van der Waals surface area contributed by atoms with E-state index in [1.165, 1.54) is 5.56 Å². The van der Waals surface area contributed by atoms with Gasteiger partial charge in [-0.1, -0.05) is 55.8 Å². The van der Waals surface area contributed by atoms with E-state index in [0.29, 0.717) is 6.54 Å². The van der Waals surface area contributed by atoms with Gasteiger partial charge in [0, 0.05) is 12.6 Å². The number of benzene rings is 2. The molecule has 2 aromatic rings. The Morgan fingerprint density at radius 3 is 2.54 bits per heavy atom. The summed E-state index contributed by atoms with van der Waals surface area (Å²) in [5.41, 5.74) is 2.21. The summed E-state index contributed by atoms with van der Waals surface area (Å²) in [6, 6.07) is 17.9. The number of hydrogen-bond acceptors (Lipinski definition) is 2. The third-order valence-electron chi connectivity index (χ3n) is 3.63. The lowest BCUT2D eigenvalue weighted by Gasteiger charge is -2.05. The molecule has 0 aliphatic rings. The van der Waals surface area contributed by atoms with E-state index < -0.39 is 0 Å². The van der Waals surface area contributed by atoms with E-state index in [1.54, 1.807) is 6.08 Å². The van der Waals surface area contributed by atoms with Gasteiger partial charge in [-0.2, -0.15) is 0 Å². The van der Waals surface area contributed by atoms with Gasteiger partial charge in [0.2, 0.25) is 5.91 Å². The van der Waals surface area contributed by atoms with E-state index in [4.69, 9.17) is 4.74 Å². The number of ether oxygens (including phenoxy) is 1. The molecule has 1 amide bonds. The van der Waals surface area contributed by atoms with Crippen LogP contribution in [-0.2, 0) is 11.2 Å². The van der Waals surface area contributed by atoms with Crippen LogP contribution in [0.25, 0.3) is 6.08 Å². The molecule has 0 spiro atoms. The van der Waals surface area contributed by atoms with E-state index in [2.05, 4.69) is 24.4 Å². The zero-order chi connectivity index (χ0) is 17.0. The molecular weight excluding hydrogens is 298 g/mol. The molecule has 0 unspecified atom stereocenters. The minimum atomic E-state index is -0.0748. The van der Waals surface area contributed by atoms with Crippen molar-refractivity contribution in [2.45, 2.75) is 26.2 Å². The Balaban J connectivity index is 1.72. The largest absolute Gasteiger partial charge is 0.494 e. The van der Waals surface area contributed by atoms with Gasteiger partial charge in [-0.05, 0) is 42.2 Å². The summed E-state index contributed by atoms with van der Waals surface area (Å²) in [7, 11) is 0. The monoisotopic (exact) mass is 323 g/mol. The quantitative estimate of drug-likeness (QED) is 0.554. The topological polar surface area (TPSA) is 38.3 Å². The number of carbonyl (C=O) groups excluding carboxylic acids is 1. The number of rotatable bonds is 9. The zero-order valence-corrected chi connectivity index (χ0v) is 14.2. The standard InChI is InChI=1S/C21H25NO2/c1-2-3-17-24-20-12-9-19(10-13-20)11-14-21(23)22-16-15-18-7-5-4-6-8-18/h4-14H,2-3,15-17H2,1H3,(H,22,23)/b14-11+. The van der Waals surface area contributed by atoms with E-state index in [0.717, 1.165) is 37.2 Å². The minimum Gasteiger partial charge on any atom is -0.494 e. The molecule has 0 aliphatic carbocycles. The molecule has 0 aromatic heterocycles. The van der Waals surface area contributed by atoms with Crippen molar-refractivity contribution in [3.8, 4) is 5.75 Å². The number of nitrogens with one attached hydrogen (secondary N) is 1. The van der Waals surface area contributed by atoms with Gasteiger partial charge in [-0.15, -0.1) is 0 Å². The molecular formula is C21H25NO2. The highest BCUT2D eigenvalue weighted by atomic mass is 16.5. The van der Waals surface area contributed by atoms with Gasteiger partial charge in [-0.25, -0.2) is 0 Å². The van der Waals surface area contributed by atoms with Gasteiger partial charge < -0.3 is 10.1 Å². The Hall–Kier alpha value is -2.55. The van der Waals surface area contributed by atoms with E-state index in [9.17, 15) is 4.79 Å². The Morgan fingerprint density at radius 1 is 1.08 bits per heavy atom. The molecule has 0 bridgehead atoms. The van der Waals surface area contributed by atoms with Crippen LogP contribution < -0.4 is 10.1 Å². The zero-order valence-electron chi connectivity index (χ0n) is 14.2. The van der Waals surface area contributed by atoms with Crippen molar-refractivity contribution in [1.82, 2.24) is 5.32 Å². The molecule has 126 valence electrons. The molecule has 0 atom stereocenters. The predicted molar refractivity (Wildman–Crippen MR) is 99.0 cm³/mol. The van der Waals surface area contributed by atoms with Crippen LogP contribution in [0.2, 0.25) is 0 Å². The van der Waals surface area contributed by atoms with Crippen molar-refractivity contribution >= 4 is 12.0 Å². The van der Waals surface area contributed by atoms with E-state index in [1.807, 2.05) is 48.5 Å². The van der Waals surface area contributed by atoms with Gasteiger partial charge in [0.05, 0.1) is 6.61 Å². The van der Waals surface area contributed by atoms with Crippen LogP contribution in [0.3, 0.4) is 0 Å². The van der Waals surface area contributed by atoms with Crippen LogP contribution in [0.15, 0.2) is 60.7 Å². The Morgan fingerprint density at radius 2 is 1.83 bits per heavy atom. The first kappa shape index (κ1) is 17.8. The van der Waals surface area contributed by atoms with E-state index in [-0.39, 0.29) is 5.91 Å². The molecule has 0 saturated heterocycles. The maximum absolute atomic E-state index is 11.8. The second-order valence-corrected chi connectivity index (χ2v) is 5.63. The first-order chi connectivity index (χ1) is 11.8. The third-order valence-corrected chi connectivity index (χ3v) is 3.63. The molecule has 0 saturated carbocycles. The highest BCUT2D eigenvalue weighted by Gasteiger charge is 1.97. The summed E-state index contributed by atoms with van der Waals surface area (Å²) in [5, 5.41) is 2.90. The van der Waals surface area contributed by atoms with Crippen LogP contribution in [0.1, 0.15) is 30.9 Å². The Kier molecular flexibility index (Phi) is 7.61. The van der Waals surface area contributed by atoms with Gasteiger partial charge in [-0.3, -0.25) is 4.79 Å². The maximum atomic E-state index is 11.8. The number of unbranched alkanes of at least 4 members (excludes halogenated alkanes) is 1. The molecule has 2 aromatic carbocycles. The fourth-order valence-electron chi connectivity index (χ4n) is 2.22. The first-order valence-electron chi connectivity index (χ1n) is 8.50. The molecule has 0 radical (unpaired) electrons. The summed E-state index contributed by atoms with van der Waals surface area (Å²) >= 11 is 0. The van der Waals surface area contributed by atoms with Crippen molar-refractivity contribution < 1.29 is 9.53 Å². The molecule has 3 heteroatoms. The molecule has 2 rings (SSSR count).